The molecule has 0 spiro atoms. The van der Waals surface area contributed by atoms with Crippen LogP contribution in [0.25, 0.3) is 11.0 Å². The van der Waals surface area contributed by atoms with Gasteiger partial charge >= 0.3 is 11.8 Å². The molecule has 2 rings (SSSR count). The predicted molar refractivity (Wildman–Crippen MR) is 124 cm³/mol. The van der Waals surface area contributed by atoms with Crippen LogP contribution in [-0.2, 0) is 11.0 Å². The van der Waals surface area contributed by atoms with Crippen LogP contribution in [0.3, 0.4) is 0 Å². The molecular formula is C24H31F3O5S. The summed E-state index contributed by atoms with van der Waals surface area (Å²) < 4.78 is 56.2. The summed E-state index contributed by atoms with van der Waals surface area (Å²) in [6.45, 7) is 2.08. The Hall–Kier alpha value is -2.16. The Labute approximate surface area is 196 Å². The molecule has 0 amide bonds. The molecule has 5 nitrogen and oxygen atoms in total. The molecule has 1 aromatic carbocycles. The van der Waals surface area contributed by atoms with Crippen molar-refractivity contribution in [2.24, 2.45) is 0 Å². The minimum atomic E-state index is -4.63. The van der Waals surface area contributed by atoms with Gasteiger partial charge in [-0.2, -0.15) is 13.2 Å². The second-order valence-electron chi connectivity index (χ2n) is 7.70. The summed E-state index contributed by atoms with van der Waals surface area (Å²) in [5.74, 6) is 0.779. The number of methoxy groups -OCH3 is 1. The fourth-order valence-corrected chi connectivity index (χ4v) is 4.24. The first-order chi connectivity index (χ1) is 15.8. The van der Waals surface area contributed by atoms with Crippen molar-refractivity contribution in [1.29, 1.82) is 0 Å². The van der Waals surface area contributed by atoms with E-state index in [2.05, 4.69) is 0 Å². The van der Waals surface area contributed by atoms with Crippen LogP contribution in [0, 0.1) is 0 Å². The van der Waals surface area contributed by atoms with E-state index in [1.54, 1.807) is 0 Å². The summed E-state index contributed by atoms with van der Waals surface area (Å²) in [4.78, 5) is 23.1. The molecule has 0 atom stereocenters. The zero-order chi connectivity index (χ0) is 24.3. The number of ether oxygens (including phenoxy) is 2. The summed E-state index contributed by atoms with van der Waals surface area (Å²) in [6.07, 6.45) is 4.00. The lowest BCUT2D eigenvalue weighted by Crippen LogP contribution is -2.10. The van der Waals surface area contributed by atoms with Gasteiger partial charge in [-0.05, 0) is 25.0 Å². The molecular weight excluding hydrogens is 457 g/mol. The predicted octanol–water partition coefficient (Wildman–Crippen LogP) is 6.99. The number of hydrogen-bond donors (Lipinski definition) is 0. The topological polar surface area (TPSA) is 65.7 Å². The molecule has 0 aliphatic rings. The lowest BCUT2D eigenvalue weighted by Gasteiger charge is -2.15. The third-order valence-corrected chi connectivity index (χ3v) is 6.30. The average molecular weight is 489 g/mol. The van der Waals surface area contributed by atoms with Gasteiger partial charge in [0, 0.05) is 12.2 Å². The van der Waals surface area contributed by atoms with Crippen molar-refractivity contribution in [3.63, 3.8) is 0 Å². The Kier molecular flexibility index (Phi) is 11.1. The van der Waals surface area contributed by atoms with E-state index in [0.717, 1.165) is 68.9 Å². The van der Waals surface area contributed by atoms with Gasteiger partial charge in [-0.1, -0.05) is 57.2 Å². The molecule has 0 bridgehead atoms. The van der Waals surface area contributed by atoms with Crippen LogP contribution in [0.1, 0.15) is 70.3 Å². The molecule has 1 aromatic heterocycles. The zero-order valence-corrected chi connectivity index (χ0v) is 19.9. The lowest BCUT2D eigenvalue weighted by molar-refractivity contribution is -0.136. The van der Waals surface area contributed by atoms with E-state index in [0.29, 0.717) is 12.8 Å². The summed E-state index contributed by atoms with van der Waals surface area (Å²) in [6, 6.07) is 2.97. The highest BCUT2D eigenvalue weighted by Gasteiger charge is 2.35. The fourth-order valence-electron chi connectivity index (χ4n) is 3.46. The maximum atomic E-state index is 13.5. The van der Waals surface area contributed by atoms with Gasteiger partial charge in [-0.15, -0.1) is 0 Å². The van der Waals surface area contributed by atoms with E-state index >= 15 is 0 Å². The first-order valence-corrected chi connectivity index (χ1v) is 12.3. The molecule has 0 aliphatic carbocycles. The molecule has 2 aromatic rings. The van der Waals surface area contributed by atoms with Gasteiger partial charge in [0.2, 0.25) is 0 Å². The summed E-state index contributed by atoms with van der Waals surface area (Å²) in [7, 11) is 1.29. The van der Waals surface area contributed by atoms with Crippen molar-refractivity contribution < 1.29 is 31.9 Å². The van der Waals surface area contributed by atoms with Gasteiger partial charge in [0.1, 0.15) is 5.75 Å². The highest BCUT2D eigenvalue weighted by molar-refractivity contribution is 8.13. The molecule has 0 radical (unpaired) electrons. The number of thioether (sulfide) groups is 1. The molecule has 184 valence electrons. The number of alkyl halides is 3. The third-order valence-electron chi connectivity index (χ3n) is 5.19. The first-order valence-electron chi connectivity index (χ1n) is 11.3. The molecule has 0 aliphatic heterocycles. The fraction of sp³-hybridized carbons (Fsp3) is 0.583. The quantitative estimate of drug-likeness (QED) is 0.211. The minimum absolute atomic E-state index is 0.0381. The molecule has 0 saturated carbocycles. The van der Waals surface area contributed by atoms with Crippen LogP contribution in [0.4, 0.5) is 13.2 Å². The standard InChI is InChI=1S/C24H31F3O5S/c1-3-21(29)33-15-11-9-7-5-4-6-8-10-14-31-19-16-20(28)32-23-18(30-2)13-12-17(22(19)23)24(25,26)27/h12-13,16H,3-11,14-15H2,1-2H3. The van der Waals surface area contributed by atoms with Crippen LogP contribution in [-0.4, -0.2) is 24.6 Å². The van der Waals surface area contributed by atoms with E-state index in [9.17, 15) is 22.8 Å². The van der Waals surface area contributed by atoms with Crippen molar-refractivity contribution in [2.45, 2.75) is 70.9 Å². The molecule has 0 saturated heterocycles. The molecule has 0 N–H and O–H groups in total. The van der Waals surface area contributed by atoms with E-state index in [-0.39, 0.29) is 34.2 Å². The number of unbranched alkanes of at least 4 members (excludes halogenated alkanes) is 7. The number of hydrogen-bond acceptors (Lipinski definition) is 6. The van der Waals surface area contributed by atoms with Crippen LogP contribution in [0.2, 0.25) is 0 Å². The van der Waals surface area contributed by atoms with E-state index in [4.69, 9.17) is 13.9 Å². The maximum absolute atomic E-state index is 13.5. The van der Waals surface area contributed by atoms with E-state index < -0.39 is 17.4 Å². The molecule has 0 fully saturated rings. The van der Waals surface area contributed by atoms with E-state index in [1.165, 1.54) is 18.9 Å². The zero-order valence-electron chi connectivity index (χ0n) is 19.1. The Balaban J connectivity index is 1.80. The second kappa shape index (κ2) is 13.5. The van der Waals surface area contributed by atoms with Gasteiger partial charge in [0.25, 0.3) is 0 Å². The van der Waals surface area contributed by atoms with E-state index in [1.807, 2.05) is 6.92 Å². The molecule has 33 heavy (non-hydrogen) atoms. The van der Waals surface area contributed by atoms with Crippen LogP contribution in [0.5, 0.6) is 11.5 Å². The first kappa shape index (κ1) is 27.1. The van der Waals surface area contributed by atoms with Crippen molar-refractivity contribution in [3.05, 3.63) is 34.2 Å². The summed E-state index contributed by atoms with van der Waals surface area (Å²) >= 11 is 1.41. The van der Waals surface area contributed by atoms with Crippen LogP contribution in [0.15, 0.2) is 27.4 Å². The molecule has 0 unspecified atom stereocenters. The van der Waals surface area contributed by atoms with Gasteiger partial charge in [0.15, 0.2) is 16.4 Å². The monoisotopic (exact) mass is 488 g/mol. The largest absolute Gasteiger partial charge is 0.493 e. The van der Waals surface area contributed by atoms with Gasteiger partial charge in [-0.25, -0.2) is 4.79 Å². The van der Waals surface area contributed by atoms with Crippen LogP contribution >= 0.6 is 11.8 Å². The van der Waals surface area contributed by atoms with Crippen molar-refractivity contribution in [2.75, 3.05) is 19.5 Å². The Morgan fingerprint density at radius 1 is 1.00 bits per heavy atom. The number of fused-ring (bicyclic) bond motifs is 1. The number of rotatable bonds is 14. The third kappa shape index (κ3) is 8.61. The Morgan fingerprint density at radius 3 is 2.24 bits per heavy atom. The van der Waals surface area contributed by atoms with Crippen molar-refractivity contribution >= 4 is 27.8 Å². The summed E-state index contributed by atoms with van der Waals surface area (Å²) in [5.41, 5.74) is -2.01. The highest BCUT2D eigenvalue weighted by Crippen LogP contribution is 2.41. The smallest absolute Gasteiger partial charge is 0.417 e. The minimum Gasteiger partial charge on any atom is -0.493 e. The lowest BCUT2D eigenvalue weighted by atomic mass is 10.1. The highest BCUT2D eigenvalue weighted by atomic mass is 32.2. The van der Waals surface area contributed by atoms with Gasteiger partial charge in [0.05, 0.1) is 30.7 Å². The number of halogens is 3. The Morgan fingerprint density at radius 2 is 1.64 bits per heavy atom. The number of benzene rings is 1. The van der Waals surface area contributed by atoms with Crippen molar-refractivity contribution in [1.82, 2.24) is 0 Å². The van der Waals surface area contributed by atoms with Crippen molar-refractivity contribution in [3.8, 4) is 11.5 Å². The Bertz CT molecular complexity index is 955. The SMILES string of the molecule is CCC(=O)SCCCCCCCCCCOc1cc(=O)oc2c(OC)ccc(C(F)(F)F)c12. The van der Waals surface area contributed by atoms with Gasteiger partial charge in [-0.3, -0.25) is 4.79 Å². The number of carbonyl (C=O) groups is 1. The normalized spacial score (nSPS) is 11.7. The maximum Gasteiger partial charge on any atom is 0.417 e. The number of carbonyl (C=O) groups excluding carboxylic acids is 1. The average Bonchev–Trinajstić information content (AvgIpc) is 2.77. The van der Waals surface area contributed by atoms with Crippen LogP contribution < -0.4 is 15.1 Å². The van der Waals surface area contributed by atoms with Gasteiger partial charge < -0.3 is 13.9 Å². The second-order valence-corrected chi connectivity index (χ2v) is 8.85. The molecule has 1 heterocycles. The molecule has 9 heteroatoms. The summed E-state index contributed by atoms with van der Waals surface area (Å²) in [5, 5.41) is -0.0596.